The van der Waals surface area contributed by atoms with Crippen LogP contribution in [0.4, 0.5) is 0 Å². The molecule has 0 aromatic heterocycles. The molecule has 0 aliphatic heterocycles. The molecule has 1 rings (SSSR count). The van der Waals surface area contributed by atoms with Gasteiger partial charge in [0, 0.05) is 12.1 Å². The first-order valence-corrected chi connectivity index (χ1v) is 6.44. The third-order valence-corrected chi connectivity index (χ3v) is 2.79. The maximum Gasteiger partial charge on any atom is 0.330 e. The fourth-order valence-corrected chi connectivity index (χ4v) is 1.64. The molecule has 0 radical (unpaired) electrons. The van der Waals surface area contributed by atoms with Crippen LogP contribution in [0.3, 0.4) is 0 Å². The number of aliphatic hydroxyl groups excluding tert-OH is 1. The number of carbonyl (C=O) groups is 2. The van der Waals surface area contributed by atoms with Crippen LogP contribution in [0, 0.1) is 0 Å². The number of benzene rings is 1. The summed E-state index contributed by atoms with van der Waals surface area (Å²) < 4.78 is 14.7. The van der Waals surface area contributed by atoms with Crippen molar-refractivity contribution in [1.82, 2.24) is 5.32 Å². The predicted molar refractivity (Wildman–Crippen MR) is 79.6 cm³/mol. The van der Waals surface area contributed by atoms with E-state index in [9.17, 15) is 9.59 Å². The van der Waals surface area contributed by atoms with Gasteiger partial charge in [0.05, 0.1) is 27.9 Å². The molecule has 1 atom stereocenters. The van der Waals surface area contributed by atoms with Gasteiger partial charge in [-0.1, -0.05) is 0 Å². The Hall–Kier alpha value is -2.54. The van der Waals surface area contributed by atoms with Gasteiger partial charge in [0.2, 0.25) is 5.91 Å². The van der Waals surface area contributed by atoms with Crippen LogP contribution < -0.4 is 14.8 Å². The zero-order chi connectivity index (χ0) is 16.5. The second-order valence-electron chi connectivity index (χ2n) is 4.25. The molecule has 1 amide bonds. The molecule has 0 saturated carbocycles. The minimum absolute atomic E-state index is 0.536. The van der Waals surface area contributed by atoms with Crippen LogP contribution >= 0.6 is 0 Å². The van der Waals surface area contributed by atoms with Gasteiger partial charge in [-0.05, 0) is 23.8 Å². The van der Waals surface area contributed by atoms with Crippen molar-refractivity contribution in [2.45, 2.75) is 6.04 Å². The predicted octanol–water partition coefficient (Wildman–Crippen LogP) is 0.367. The summed E-state index contributed by atoms with van der Waals surface area (Å²) in [6.45, 7) is -0.542. The van der Waals surface area contributed by atoms with E-state index in [-0.39, 0.29) is 0 Å². The zero-order valence-corrected chi connectivity index (χ0v) is 12.7. The lowest BCUT2D eigenvalue weighted by Crippen LogP contribution is -2.43. The molecule has 120 valence electrons. The summed E-state index contributed by atoms with van der Waals surface area (Å²) in [6, 6.07) is 4.05. The van der Waals surface area contributed by atoms with E-state index in [0.29, 0.717) is 17.1 Å². The topological polar surface area (TPSA) is 94.1 Å². The second kappa shape index (κ2) is 8.68. The second-order valence-corrected chi connectivity index (χ2v) is 4.25. The van der Waals surface area contributed by atoms with Crippen molar-refractivity contribution < 1.29 is 28.9 Å². The number of esters is 1. The summed E-state index contributed by atoms with van der Waals surface area (Å²) in [6.07, 6.45) is 2.77. The molecule has 7 heteroatoms. The Morgan fingerprint density at radius 1 is 1.18 bits per heavy atom. The van der Waals surface area contributed by atoms with Crippen molar-refractivity contribution in [2.24, 2.45) is 0 Å². The van der Waals surface area contributed by atoms with Gasteiger partial charge < -0.3 is 24.6 Å². The SMILES string of the molecule is COC(=O)[C@@H](CO)NC(=O)/C=C/c1cc(OC)cc(OC)c1. The fraction of sp³-hybridized carbons (Fsp3) is 0.333. The van der Waals surface area contributed by atoms with Crippen LogP contribution in [0.2, 0.25) is 0 Å². The molecular formula is C15H19NO6. The van der Waals surface area contributed by atoms with Crippen molar-refractivity contribution in [3.8, 4) is 11.5 Å². The fourth-order valence-electron chi connectivity index (χ4n) is 1.64. The summed E-state index contributed by atoms with van der Waals surface area (Å²) >= 11 is 0. The van der Waals surface area contributed by atoms with Gasteiger partial charge >= 0.3 is 5.97 Å². The highest BCUT2D eigenvalue weighted by molar-refractivity contribution is 5.94. The monoisotopic (exact) mass is 309 g/mol. The van der Waals surface area contributed by atoms with Crippen LogP contribution in [0.1, 0.15) is 5.56 Å². The van der Waals surface area contributed by atoms with Crippen LogP contribution in [0.25, 0.3) is 6.08 Å². The molecule has 0 aliphatic rings. The Bertz CT molecular complexity index is 533. The molecule has 0 bridgehead atoms. The molecule has 2 N–H and O–H groups in total. The average molecular weight is 309 g/mol. The first-order chi connectivity index (χ1) is 10.5. The van der Waals surface area contributed by atoms with Crippen LogP contribution in [-0.4, -0.2) is 51.0 Å². The minimum atomic E-state index is -1.10. The quantitative estimate of drug-likeness (QED) is 0.558. The normalized spacial score (nSPS) is 11.8. The molecule has 0 spiro atoms. The number of amides is 1. The largest absolute Gasteiger partial charge is 0.497 e. The van der Waals surface area contributed by atoms with E-state index in [1.807, 2.05) is 0 Å². The summed E-state index contributed by atoms with van der Waals surface area (Å²) in [7, 11) is 4.23. The minimum Gasteiger partial charge on any atom is -0.497 e. The molecule has 22 heavy (non-hydrogen) atoms. The van der Waals surface area contributed by atoms with E-state index in [1.165, 1.54) is 33.5 Å². The number of rotatable bonds is 7. The van der Waals surface area contributed by atoms with Crippen LogP contribution in [0.15, 0.2) is 24.3 Å². The summed E-state index contributed by atoms with van der Waals surface area (Å²) in [5.41, 5.74) is 0.685. The van der Waals surface area contributed by atoms with Gasteiger partial charge in [0.25, 0.3) is 0 Å². The Labute approximate surface area is 128 Å². The first-order valence-electron chi connectivity index (χ1n) is 6.44. The number of hydrogen-bond acceptors (Lipinski definition) is 6. The number of aliphatic hydroxyl groups is 1. The Balaban J connectivity index is 2.79. The highest BCUT2D eigenvalue weighted by Gasteiger charge is 2.19. The van der Waals surface area contributed by atoms with Crippen molar-refractivity contribution in [3.63, 3.8) is 0 Å². The highest BCUT2D eigenvalue weighted by Crippen LogP contribution is 2.23. The van der Waals surface area contributed by atoms with Gasteiger partial charge in [-0.2, -0.15) is 0 Å². The van der Waals surface area contributed by atoms with E-state index < -0.39 is 24.5 Å². The lowest BCUT2D eigenvalue weighted by molar-refractivity contribution is -0.145. The van der Waals surface area contributed by atoms with Crippen molar-refractivity contribution >= 4 is 18.0 Å². The van der Waals surface area contributed by atoms with Gasteiger partial charge in [0.15, 0.2) is 6.04 Å². The van der Waals surface area contributed by atoms with Crippen molar-refractivity contribution in [2.75, 3.05) is 27.9 Å². The van der Waals surface area contributed by atoms with E-state index >= 15 is 0 Å². The lowest BCUT2D eigenvalue weighted by atomic mass is 10.2. The van der Waals surface area contributed by atoms with Gasteiger partial charge in [0.1, 0.15) is 11.5 Å². The molecule has 0 fully saturated rings. The smallest absolute Gasteiger partial charge is 0.330 e. The molecule has 1 aromatic carbocycles. The Morgan fingerprint density at radius 2 is 1.77 bits per heavy atom. The average Bonchev–Trinajstić information content (AvgIpc) is 2.56. The van der Waals surface area contributed by atoms with E-state index in [2.05, 4.69) is 10.1 Å². The Morgan fingerprint density at radius 3 is 2.23 bits per heavy atom. The summed E-state index contributed by atoms with van der Waals surface area (Å²) in [5, 5.41) is 11.4. The molecule has 1 aromatic rings. The highest BCUT2D eigenvalue weighted by atomic mass is 16.5. The zero-order valence-electron chi connectivity index (χ0n) is 12.7. The number of methoxy groups -OCH3 is 3. The standard InChI is InChI=1S/C15H19NO6/c1-20-11-6-10(7-12(8-11)21-2)4-5-14(18)16-13(9-17)15(19)22-3/h4-8,13,17H,9H2,1-3H3,(H,16,18)/b5-4+/t13-/m1/s1. The van der Waals surface area contributed by atoms with Gasteiger partial charge in [-0.3, -0.25) is 4.79 Å². The molecule has 0 saturated heterocycles. The summed E-state index contributed by atoms with van der Waals surface area (Å²) in [5.74, 6) is -0.0806. The number of ether oxygens (including phenoxy) is 3. The van der Waals surface area contributed by atoms with E-state index in [1.54, 1.807) is 18.2 Å². The van der Waals surface area contributed by atoms with Gasteiger partial charge in [-0.25, -0.2) is 4.79 Å². The molecular weight excluding hydrogens is 290 g/mol. The Kier molecular flexibility index (Phi) is 6.91. The lowest BCUT2D eigenvalue weighted by Gasteiger charge is -2.12. The number of hydrogen-bond donors (Lipinski definition) is 2. The van der Waals surface area contributed by atoms with Crippen LogP contribution in [0.5, 0.6) is 11.5 Å². The first kappa shape index (κ1) is 17.5. The maximum atomic E-state index is 11.7. The molecule has 7 nitrogen and oxygen atoms in total. The van der Waals surface area contributed by atoms with Crippen molar-refractivity contribution in [1.29, 1.82) is 0 Å². The number of nitrogens with one attached hydrogen (secondary N) is 1. The van der Waals surface area contributed by atoms with Crippen LogP contribution in [-0.2, 0) is 14.3 Å². The molecule has 0 aliphatic carbocycles. The number of carbonyl (C=O) groups excluding carboxylic acids is 2. The molecule has 0 heterocycles. The maximum absolute atomic E-state index is 11.7. The third-order valence-electron chi connectivity index (χ3n) is 2.79. The van der Waals surface area contributed by atoms with Crippen molar-refractivity contribution in [3.05, 3.63) is 29.8 Å². The molecule has 0 unspecified atom stereocenters. The summed E-state index contributed by atoms with van der Waals surface area (Å²) in [4.78, 5) is 23.0. The van der Waals surface area contributed by atoms with E-state index in [0.717, 1.165) is 0 Å². The third kappa shape index (κ3) is 5.10. The van der Waals surface area contributed by atoms with Gasteiger partial charge in [-0.15, -0.1) is 0 Å². The van der Waals surface area contributed by atoms with E-state index in [4.69, 9.17) is 14.6 Å².